The van der Waals surface area contributed by atoms with Gasteiger partial charge in [-0.2, -0.15) is 0 Å². The number of anilines is 1. The predicted octanol–water partition coefficient (Wildman–Crippen LogP) is 3.72. The van der Waals surface area contributed by atoms with Crippen molar-refractivity contribution in [2.45, 2.75) is 32.2 Å². The molecule has 4 rings (SSSR count). The number of amides is 2. The molecule has 1 atom stereocenters. The van der Waals surface area contributed by atoms with Crippen molar-refractivity contribution in [3.05, 3.63) is 77.0 Å². The van der Waals surface area contributed by atoms with Gasteiger partial charge in [0.25, 0.3) is 11.8 Å². The summed E-state index contributed by atoms with van der Waals surface area (Å²) in [5, 5.41) is 3.19. The Hall–Kier alpha value is -3.85. The van der Waals surface area contributed by atoms with Gasteiger partial charge in [0.05, 0.1) is 11.1 Å². The van der Waals surface area contributed by atoms with Crippen LogP contribution in [0.1, 0.15) is 58.9 Å². The number of piperidine rings is 1. The van der Waals surface area contributed by atoms with E-state index < -0.39 is 5.91 Å². The van der Waals surface area contributed by atoms with E-state index in [2.05, 4.69) is 15.2 Å². The molecular weight excluding hydrogens is 454 g/mol. The first-order chi connectivity index (χ1) is 16.4. The Morgan fingerprint density at radius 1 is 1.18 bits per heavy atom. The number of primary amides is 1. The first-order valence-electron chi connectivity index (χ1n) is 11.0. The van der Waals surface area contributed by atoms with E-state index >= 15 is 0 Å². The molecule has 0 aliphatic carbocycles. The molecule has 1 aromatic carbocycles. The summed E-state index contributed by atoms with van der Waals surface area (Å²) < 4.78 is 1.30. The van der Waals surface area contributed by atoms with Crippen molar-refractivity contribution in [2.75, 3.05) is 17.7 Å². The Balaban J connectivity index is 1.63. The number of hydrogen-bond donors (Lipinski definition) is 3. The van der Waals surface area contributed by atoms with E-state index in [1.165, 1.54) is 10.9 Å². The average molecular weight is 480 g/mol. The zero-order valence-electron chi connectivity index (χ0n) is 18.7. The van der Waals surface area contributed by atoms with E-state index in [9.17, 15) is 9.59 Å². The standard InChI is InChI=1S/C24H26ClN7O2/c1-2-12-31-13-4-3-5-18(31)23-30-20(21(22(26)33)32(23)27)15-6-8-16(9-7-15)24(34)29-19-11-10-17(25)14-28-19/h2,6-12,14,18H,3-5,13,27H2,1H3,(H2,26,33)(H,28,29,34)/t18-/m0/s1. The van der Waals surface area contributed by atoms with Crippen LogP contribution in [0, 0.1) is 0 Å². The first kappa shape index (κ1) is 23.3. The van der Waals surface area contributed by atoms with Crippen LogP contribution in [0.15, 0.2) is 54.9 Å². The maximum Gasteiger partial charge on any atom is 0.269 e. The number of nitrogens with one attached hydrogen (secondary N) is 1. The van der Waals surface area contributed by atoms with Gasteiger partial charge in [-0.05, 0) is 56.7 Å². The van der Waals surface area contributed by atoms with Crippen LogP contribution in [0.25, 0.3) is 11.3 Å². The molecule has 0 unspecified atom stereocenters. The number of allylic oxidation sites excluding steroid dienone is 1. The van der Waals surface area contributed by atoms with Crippen LogP contribution in [-0.2, 0) is 0 Å². The van der Waals surface area contributed by atoms with Crippen molar-refractivity contribution in [1.82, 2.24) is 19.5 Å². The minimum atomic E-state index is -0.666. The summed E-state index contributed by atoms with van der Waals surface area (Å²) in [6.45, 7) is 2.84. The lowest BCUT2D eigenvalue weighted by atomic mass is 10.0. The van der Waals surface area contributed by atoms with Gasteiger partial charge in [-0.3, -0.25) is 9.59 Å². The fourth-order valence-corrected chi connectivity index (χ4v) is 4.25. The molecule has 0 radical (unpaired) electrons. The number of nitrogen functional groups attached to an aromatic ring is 1. The molecule has 1 saturated heterocycles. The van der Waals surface area contributed by atoms with E-state index in [0.29, 0.717) is 33.5 Å². The van der Waals surface area contributed by atoms with Gasteiger partial charge in [0.15, 0.2) is 11.5 Å². The molecule has 2 aromatic heterocycles. The van der Waals surface area contributed by atoms with Gasteiger partial charge in [-0.1, -0.05) is 29.8 Å². The molecule has 34 heavy (non-hydrogen) atoms. The lowest BCUT2D eigenvalue weighted by Gasteiger charge is -2.34. The summed E-state index contributed by atoms with van der Waals surface area (Å²) in [4.78, 5) is 35.9. The molecular formula is C24H26ClN7O2. The zero-order chi connectivity index (χ0) is 24.2. The number of hydrogen-bond acceptors (Lipinski definition) is 6. The predicted molar refractivity (Wildman–Crippen MR) is 132 cm³/mol. The number of halogens is 1. The number of nitrogens with zero attached hydrogens (tertiary/aromatic N) is 4. The first-order valence-corrected chi connectivity index (χ1v) is 11.4. The molecule has 1 fully saturated rings. The Morgan fingerprint density at radius 2 is 1.94 bits per heavy atom. The van der Waals surface area contributed by atoms with Gasteiger partial charge in [0.1, 0.15) is 11.5 Å². The maximum atomic E-state index is 12.6. The highest BCUT2D eigenvalue weighted by atomic mass is 35.5. The van der Waals surface area contributed by atoms with Gasteiger partial charge in [0.2, 0.25) is 0 Å². The second kappa shape index (κ2) is 9.96. The molecule has 9 nitrogen and oxygen atoms in total. The number of likely N-dealkylation sites (tertiary alicyclic amines) is 1. The zero-order valence-corrected chi connectivity index (χ0v) is 19.5. The fourth-order valence-electron chi connectivity index (χ4n) is 4.14. The largest absolute Gasteiger partial charge is 0.368 e. The normalized spacial score (nSPS) is 16.1. The molecule has 0 bridgehead atoms. The lowest BCUT2D eigenvalue weighted by Crippen LogP contribution is -2.33. The molecule has 1 aliphatic rings. The summed E-state index contributed by atoms with van der Waals surface area (Å²) in [5.74, 6) is 6.30. The van der Waals surface area contributed by atoms with Crippen molar-refractivity contribution in [2.24, 2.45) is 5.73 Å². The van der Waals surface area contributed by atoms with E-state index in [-0.39, 0.29) is 17.6 Å². The Labute approximate surface area is 202 Å². The van der Waals surface area contributed by atoms with Crippen LogP contribution in [0.5, 0.6) is 0 Å². The number of benzene rings is 1. The SMILES string of the molecule is CC=CN1CCCC[C@H]1c1nc(-c2ccc(C(=O)Nc3ccc(Cl)cn3)cc2)c(C(N)=O)n1N. The van der Waals surface area contributed by atoms with Crippen LogP contribution >= 0.6 is 11.6 Å². The number of carbonyl (C=O) groups excluding carboxylic acids is 2. The third kappa shape index (κ3) is 4.74. The highest BCUT2D eigenvalue weighted by Gasteiger charge is 2.30. The van der Waals surface area contributed by atoms with Crippen molar-refractivity contribution >= 4 is 29.2 Å². The molecule has 3 aromatic rings. The number of nitrogens with two attached hydrogens (primary N) is 2. The summed E-state index contributed by atoms with van der Waals surface area (Å²) in [6, 6.07) is 9.93. The third-order valence-corrected chi connectivity index (χ3v) is 5.97. The van der Waals surface area contributed by atoms with Crippen LogP contribution < -0.4 is 16.9 Å². The smallest absolute Gasteiger partial charge is 0.269 e. The summed E-state index contributed by atoms with van der Waals surface area (Å²) in [5.41, 5.74) is 7.25. The Morgan fingerprint density at radius 3 is 2.59 bits per heavy atom. The van der Waals surface area contributed by atoms with Gasteiger partial charge in [0, 0.05) is 23.9 Å². The van der Waals surface area contributed by atoms with Gasteiger partial charge in [-0.15, -0.1) is 0 Å². The quantitative estimate of drug-likeness (QED) is 0.461. The summed E-state index contributed by atoms with van der Waals surface area (Å²) in [6.07, 6.45) is 8.44. The minimum Gasteiger partial charge on any atom is -0.368 e. The fraction of sp³-hybridized carbons (Fsp3) is 0.250. The third-order valence-electron chi connectivity index (χ3n) is 5.74. The summed E-state index contributed by atoms with van der Waals surface area (Å²) in [7, 11) is 0. The lowest BCUT2D eigenvalue weighted by molar-refractivity contribution is 0.0990. The Bertz CT molecular complexity index is 1220. The number of pyridine rings is 1. The maximum absolute atomic E-state index is 12.6. The molecule has 0 saturated carbocycles. The average Bonchev–Trinajstić information content (AvgIpc) is 3.18. The van der Waals surface area contributed by atoms with Crippen LogP contribution in [0.2, 0.25) is 5.02 Å². The minimum absolute atomic E-state index is 0.0567. The van der Waals surface area contributed by atoms with E-state index in [1.807, 2.05) is 19.2 Å². The number of imidazole rings is 1. The topological polar surface area (TPSA) is 132 Å². The van der Waals surface area contributed by atoms with Gasteiger partial charge >= 0.3 is 0 Å². The van der Waals surface area contributed by atoms with Crippen molar-refractivity contribution in [3.8, 4) is 11.3 Å². The highest BCUT2D eigenvalue weighted by molar-refractivity contribution is 6.30. The van der Waals surface area contributed by atoms with E-state index in [4.69, 9.17) is 28.2 Å². The van der Waals surface area contributed by atoms with Crippen molar-refractivity contribution < 1.29 is 9.59 Å². The van der Waals surface area contributed by atoms with E-state index in [0.717, 1.165) is 25.8 Å². The highest BCUT2D eigenvalue weighted by Crippen LogP contribution is 2.33. The molecule has 0 spiro atoms. The summed E-state index contributed by atoms with van der Waals surface area (Å²) >= 11 is 5.83. The molecule has 10 heteroatoms. The van der Waals surface area contributed by atoms with Crippen molar-refractivity contribution in [3.63, 3.8) is 0 Å². The number of carbonyl (C=O) groups is 2. The van der Waals surface area contributed by atoms with E-state index in [1.54, 1.807) is 36.4 Å². The number of rotatable bonds is 6. The molecule has 2 amide bonds. The van der Waals surface area contributed by atoms with Crippen molar-refractivity contribution in [1.29, 1.82) is 0 Å². The van der Waals surface area contributed by atoms with Gasteiger partial charge < -0.3 is 21.8 Å². The molecule has 1 aliphatic heterocycles. The second-order valence-corrected chi connectivity index (χ2v) is 8.46. The molecule has 3 heterocycles. The monoisotopic (exact) mass is 479 g/mol. The second-order valence-electron chi connectivity index (χ2n) is 8.03. The van der Waals surface area contributed by atoms with Crippen LogP contribution in [0.3, 0.4) is 0 Å². The van der Waals surface area contributed by atoms with Crippen LogP contribution in [-0.4, -0.2) is 37.9 Å². The molecule has 176 valence electrons. The van der Waals surface area contributed by atoms with Gasteiger partial charge in [-0.25, -0.2) is 14.6 Å². The number of aromatic nitrogens is 3. The Kier molecular flexibility index (Phi) is 6.83. The van der Waals surface area contributed by atoms with Crippen LogP contribution in [0.4, 0.5) is 5.82 Å². The molecule has 5 N–H and O–H groups in total.